The Balaban J connectivity index is 3.15. The van der Waals surface area contributed by atoms with Crippen LogP contribution in [-0.2, 0) is 9.47 Å². The van der Waals surface area contributed by atoms with E-state index in [1.165, 1.54) is 0 Å². The summed E-state index contributed by atoms with van der Waals surface area (Å²) in [6.45, 7) is 4.92. The van der Waals surface area contributed by atoms with E-state index in [1.807, 2.05) is 6.92 Å². The van der Waals surface area contributed by atoms with Crippen LogP contribution in [0.2, 0.25) is 0 Å². The maximum absolute atomic E-state index is 8.97. The fraction of sp³-hybridized carbons (Fsp3) is 1.00. The SMILES string of the molecule is COCCOC(C)CC(C)O. The van der Waals surface area contributed by atoms with Gasteiger partial charge in [-0.15, -0.1) is 0 Å². The number of hydrogen-bond acceptors (Lipinski definition) is 3. The van der Waals surface area contributed by atoms with E-state index in [1.54, 1.807) is 14.0 Å². The van der Waals surface area contributed by atoms with E-state index in [4.69, 9.17) is 14.6 Å². The molecule has 0 bridgehead atoms. The average molecular weight is 162 g/mol. The van der Waals surface area contributed by atoms with E-state index in [-0.39, 0.29) is 12.2 Å². The van der Waals surface area contributed by atoms with Gasteiger partial charge < -0.3 is 14.6 Å². The molecule has 0 fully saturated rings. The smallest absolute Gasteiger partial charge is 0.0703 e. The molecule has 0 aromatic carbocycles. The topological polar surface area (TPSA) is 38.7 Å². The van der Waals surface area contributed by atoms with E-state index in [0.717, 1.165) is 0 Å². The third-order valence-electron chi connectivity index (χ3n) is 1.36. The van der Waals surface area contributed by atoms with Gasteiger partial charge in [-0.05, 0) is 20.3 Å². The van der Waals surface area contributed by atoms with E-state index in [0.29, 0.717) is 19.6 Å². The number of ether oxygens (including phenoxy) is 2. The lowest BCUT2D eigenvalue weighted by molar-refractivity contribution is 0.00320. The molecule has 0 saturated carbocycles. The molecule has 68 valence electrons. The van der Waals surface area contributed by atoms with Crippen molar-refractivity contribution in [3.05, 3.63) is 0 Å². The van der Waals surface area contributed by atoms with Crippen molar-refractivity contribution in [2.45, 2.75) is 32.5 Å². The molecule has 2 atom stereocenters. The summed E-state index contributed by atoms with van der Waals surface area (Å²) < 4.78 is 10.1. The first kappa shape index (κ1) is 10.9. The highest BCUT2D eigenvalue weighted by molar-refractivity contribution is 4.54. The summed E-state index contributed by atoms with van der Waals surface area (Å²) in [5.41, 5.74) is 0. The molecule has 0 aliphatic carbocycles. The molecule has 0 aromatic rings. The number of aliphatic hydroxyl groups is 1. The zero-order valence-electron chi connectivity index (χ0n) is 7.54. The normalized spacial score (nSPS) is 16.4. The van der Waals surface area contributed by atoms with Gasteiger partial charge in [0.05, 0.1) is 25.4 Å². The Morgan fingerprint density at radius 1 is 1.27 bits per heavy atom. The summed E-state index contributed by atoms with van der Waals surface area (Å²) in [5.74, 6) is 0. The molecule has 0 spiro atoms. The lowest BCUT2D eigenvalue weighted by atomic mass is 10.2. The Morgan fingerprint density at radius 3 is 2.36 bits per heavy atom. The highest BCUT2D eigenvalue weighted by atomic mass is 16.5. The molecule has 2 unspecified atom stereocenters. The Hall–Kier alpha value is -0.120. The highest BCUT2D eigenvalue weighted by Crippen LogP contribution is 2.00. The minimum Gasteiger partial charge on any atom is -0.393 e. The molecule has 11 heavy (non-hydrogen) atoms. The Kier molecular flexibility index (Phi) is 6.51. The van der Waals surface area contributed by atoms with Gasteiger partial charge >= 0.3 is 0 Å². The molecule has 0 radical (unpaired) electrons. The monoisotopic (exact) mass is 162 g/mol. The lowest BCUT2D eigenvalue weighted by Gasteiger charge is -2.13. The Bertz CT molecular complexity index is 83.4. The molecule has 0 aliphatic rings. The van der Waals surface area contributed by atoms with Crippen molar-refractivity contribution in [3.8, 4) is 0 Å². The summed E-state index contributed by atoms with van der Waals surface area (Å²) in [4.78, 5) is 0. The molecule has 0 heterocycles. The minimum absolute atomic E-state index is 0.116. The van der Waals surface area contributed by atoms with Gasteiger partial charge in [-0.3, -0.25) is 0 Å². The van der Waals surface area contributed by atoms with Crippen LogP contribution in [0.1, 0.15) is 20.3 Å². The largest absolute Gasteiger partial charge is 0.393 e. The van der Waals surface area contributed by atoms with E-state index >= 15 is 0 Å². The summed E-state index contributed by atoms with van der Waals surface area (Å²) in [6.07, 6.45) is 0.515. The average Bonchev–Trinajstić information content (AvgIpc) is 1.86. The first-order valence-corrected chi connectivity index (χ1v) is 3.95. The second-order valence-corrected chi connectivity index (χ2v) is 2.76. The lowest BCUT2D eigenvalue weighted by Crippen LogP contribution is -2.17. The van der Waals surface area contributed by atoms with E-state index in [2.05, 4.69) is 0 Å². The fourth-order valence-corrected chi connectivity index (χ4v) is 0.881. The van der Waals surface area contributed by atoms with Gasteiger partial charge in [0.15, 0.2) is 0 Å². The zero-order valence-corrected chi connectivity index (χ0v) is 7.54. The van der Waals surface area contributed by atoms with Crippen LogP contribution in [0.3, 0.4) is 0 Å². The molecule has 3 nitrogen and oxygen atoms in total. The van der Waals surface area contributed by atoms with Crippen LogP contribution in [0.15, 0.2) is 0 Å². The number of methoxy groups -OCH3 is 1. The van der Waals surface area contributed by atoms with Crippen LogP contribution in [-0.4, -0.2) is 37.6 Å². The van der Waals surface area contributed by atoms with Crippen LogP contribution in [0.5, 0.6) is 0 Å². The molecule has 0 rings (SSSR count). The molecule has 0 aromatic heterocycles. The van der Waals surface area contributed by atoms with Crippen LogP contribution >= 0.6 is 0 Å². The number of rotatable bonds is 6. The first-order chi connectivity index (χ1) is 5.16. The second-order valence-electron chi connectivity index (χ2n) is 2.76. The van der Waals surface area contributed by atoms with Crippen molar-refractivity contribution in [3.63, 3.8) is 0 Å². The molecular weight excluding hydrogens is 144 g/mol. The van der Waals surface area contributed by atoms with Crippen molar-refractivity contribution >= 4 is 0 Å². The van der Waals surface area contributed by atoms with Gasteiger partial charge in [0, 0.05) is 7.11 Å². The van der Waals surface area contributed by atoms with Crippen molar-refractivity contribution in [2.75, 3.05) is 20.3 Å². The summed E-state index contributed by atoms with van der Waals surface area (Å²) >= 11 is 0. The van der Waals surface area contributed by atoms with Crippen molar-refractivity contribution in [1.82, 2.24) is 0 Å². The molecule has 0 saturated heterocycles. The van der Waals surface area contributed by atoms with Gasteiger partial charge in [-0.25, -0.2) is 0 Å². The van der Waals surface area contributed by atoms with Crippen LogP contribution in [0.4, 0.5) is 0 Å². The van der Waals surface area contributed by atoms with Crippen molar-refractivity contribution < 1.29 is 14.6 Å². The molecule has 3 heteroatoms. The minimum atomic E-state index is -0.285. The van der Waals surface area contributed by atoms with Crippen LogP contribution < -0.4 is 0 Å². The molecular formula is C8H18O3. The first-order valence-electron chi connectivity index (χ1n) is 3.95. The fourth-order valence-electron chi connectivity index (χ4n) is 0.881. The summed E-state index contributed by atoms with van der Waals surface area (Å²) in [7, 11) is 1.64. The third kappa shape index (κ3) is 7.78. The van der Waals surface area contributed by atoms with Gasteiger partial charge in [0.2, 0.25) is 0 Å². The Morgan fingerprint density at radius 2 is 1.91 bits per heavy atom. The predicted octanol–water partition coefficient (Wildman–Crippen LogP) is 0.809. The highest BCUT2D eigenvalue weighted by Gasteiger charge is 2.04. The third-order valence-corrected chi connectivity index (χ3v) is 1.36. The second kappa shape index (κ2) is 6.58. The van der Waals surface area contributed by atoms with E-state index in [9.17, 15) is 0 Å². The van der Waals surface area contributed by atoms with Crippen LogP contribution in [0, 0.1) is 0 Å². The van der Waals surface area contributed by atoms with E-state index < -0.39 is 0 Å². The maximum atomic E-state index is 8.97. The maximum Gasteiger partial charge on any atom is 0.0703 e. The van der Waals surface area contributed by atoms with Gasteiger partial charge in [0.25, 0.3) is 0 Å². The Labute approximate surface area is 68.3 Å². The predicted molar refractivity (Wildman–Crippen MR) is 43.6 cm³/mol. The summed E-state index contributed by atoms with van der Waals surface area (Å²) in [5, 5.41) is 8.97. The molecule has 1 N–H and O–H groups in total. The van der Waals surface area contributed by atoms with Crippen molar-refractivity contribution in [2.24, 2.45) is 0 Å². The molecule has 0 amide bonds. The number of hydrogen-bond donors (Lipinski definition) is 1. The van der Waals surface area contributed by atoms with Crippen molar-refractivity contribution in [1.29, 1.82) is 0 Å². The van der Waals surface area contributed by atoms with Crippen LogP contribution in [0.25, 0.3) is 0 Å². The van der Waals surface area contributed by atoms with Gasteiger partial charge in [-0.2, -0.15) is 0 Å². The zero-order chi connectivity index (χ0) is 8.69. The summed E-state index contributed by atoms with van der Waals surface area (Å²) in [6, 6.07) is 0. The quantitative estimate of drug-likeness (QED) is 0.587. The van der Waals surface area contributed by atoms with Gasteiger partial charge in [0.1, 0.15) is 0 Å². The number of aliphatic hydroxyl groups excluding tert-OH is 1. The van der Waals surface area contributed by atoms with Gasteiger partial charge in [-0.1, -0.05) is 0 Å². The standard InChI is InChI=1S/C8H18O3/c1-7(9)6-8(2)11-5-4-10-3/h7-9H,4-6H2,1-3H3. The molecule has 0 aliphatic heterocycles.